The number of amides is 3. The van der Waals surface area contributed by atoms with Crippen LogP contribution in [0.15, 0.2) is 42.5 Å². The van der Waals surface area contributed by atoms with Gasteiger partial charge in [0.25, 0.3) is 0 Å². The quantitative estimate of drug-likeness (QED) is 0.603. The van der Waals surface area contributed by atoms with E-state index in [0.717, 1.165) is 5.56 Å². The summed E-state index contributed by atoms with van der Waals surface area (Å²) in [5, 5.41) is 6.85. The minimum absolute atomic E-state index is 0.346. The number of cyclic esters (lactones) is 1. The van der Waals surface area contributed by atoms with Crippen LogP contribution in [0.1, 0.15) is 32.3 Å². The summed E-state index contributed by atoms with van der Waals surface area (Å²) in [5.74, 6) is 0. The Balaban J connectivity index is 1.77. The second kappa shape index (κ2) is 8.93. The van der Waals surface area contributed by atoms with Gasteiger partial charge < -0.3 is 15.4 Å². The van der Waals surface area contributed by atoms with Crippen LogP contribution in [0, 0.1) is 0 Å². The molecule has 154 valence electrons. The third-order valence-electron chi connectivity index (χ3n) is 5.21. The van der Waals surface area contributed by atoms with Crippen LogP contribution in [-0.2, 0) is 10.3 Å². The minimum Gasteiger partial charge on any atom is -0.447 e. The summed E-state index contributed by atoms with van der Waals surface area (Å²) in [6.07, 6.45) is 0.963. The van der Waals surface area contributed by atoms with Gasteiger partial charge in [0.05, 0.1) is 22.1 Å². The molecule has 3 rings (SSSR count). The summed E-state index contributed by atoms with van der Waals surface area (Å²) in [4.78, 5) is 26.1. The molecule has 0 radical (unpaired) electrons. The minimum atomic E-state index is -0.589. The monoisotopic (exact) mass is 435 g/mol. The fourth-order valence-corrected chi connectivity index (χ4v) is 3.76. The van der Waals surface area contributed by atoms with Crippen LogP contribution in [0.2, 0.25) is 10.0 Å². The van der Waals surface area contributed by atoms with Crippen molar-refractivity contribution in [3.8, 4) is 0 Å². The fraction of sp³-hybridized carbons (Fsp3) is 0.333. The van der Waals surface area contributed by atoms with Crippen molar-refractivity contribution in [2.24, 2.45) is 0 Å². The zero-order valence-corrected chi connectivity index (χ0v) is 17.8. The van der Waals surface area contributed by atoms with Gasteiger partial charge in [-0.1, -0.05) is 49.2 Å². The smallest absolute Gasteiger partial charge is 0.414 e. The maximum atomic E-state index is 12.8. The van der Waals surface area contributed by atoms with Gasteiger partial charge in [-0.15, -0.1) is 0 Å². The van der Waals surface area contributed by atoms with Gasteiger partial charge in [-0.2, -0.15) is 0 Å². The molecule has 0 aromatic heterocycles. The molecular formula is C21H23Cl2N3O3. The van der Waals surface area contributed by atoms with E-state index in [4.69, 9.17) is 27.9 Å². The molecule has 3 amide bonds. The summed E-state index contributed by atoms with van der Waals surface area (Å²) in [6.45, 7) is 4.86. The Labute approximate surface area is 180 Å². The molecule has 0 bridgehead atoms. The van der Waals surface area contributed by atoms with E-state index in [-0.39, 0.29) is 12.1 Å². The number of halogens is 2. The number of nitrogens with one attached hydrogen (secondary N) is 2. The molecule has 2 aromatic carbocycles. The second-order valence-electron chi connectivity index (χ2n) is 6.81. The van der Waals surface area contributed by atoms with Gasteiger partial charge in [0, 0.05) is 11.4 Å². The first-order valence-electron chi connectivity index (χ1n) is 9.47. The normalized spacial score (nSPS) is 13.9. The number of rotatable bonds is 6. The SMILES string of the molecule is CCC(CC)(NC(=O)Nc1cccc(N2CCOC2=O)c1)c1ccc(Cl)c(Cl)c1. The van der Waals surface area contributed by atoms with E-state index in [9.17, 15) is 9.59 Å². The number of urea groups is 1. The van der Waals surface area contributed by atoms with Crippen molar-refractivity contribution < 1.29 is 14.3 Å². The fourth-order valence-electron chi connectivity index (χ4n) is 3.46. The van der Waals surface area contributed by atoms with Crippen molar-refractivity contribution in [1.29, 1.82) is 0 Å². The number of hydrogen-bond acceptors (Lipinski definition) is 3. The third kappa shape index (κ3) is 4.60. The zero-order chi connectivity index (χ0) is 21.0. The van der Waals surface area contributed by atoms with E-state index >= 15 is 0 Å². The molecule has 0 unspecified atom stereocenters. The van der Waals surface area contributed by atoms with Crippen LogP contribution >= 0.6 is 23.2 Å². The van der Waals surface area contributed by atoms with Gasteiger partial charge in [0.15, 0.2) is 0 Å². The predicted octanol–water partition coefficient (Wildman–Crippen LogP) is 5.79. The van der Waals surface area contributed by atoms with Gasteiger partial charge in [-0.05, 0) is 48.7 Å². The molecule has 1 aliphatic heterocycles. The lowest BCUT2D eigenvalue weighted by atomic mass is 9.85. The highest BCUT2D eigenvalue weighted by Gasteiger charge is 2.31. The molecule has 1 fully saturated rings. The average molecular weight is 436 g/mol. The van der Waals surface area contributed by atoms with E-state index in [1.807, 2.05) is 19.9 Å². The molecule has 29 heavy (non-hydrogen) atoms. The molecular weight excluding hydrogens is 413 g/mol. The Kier molecular flexibility index (Phi) is 6.55. The number of carbonyl (C=O) groups is 2. The molecule has 2 aromatic rings. The van der Waals surface area contributed by atoms with E-state index < -0.39 is 5.54 Å². The van der Waals surface area contributed by atoms with Crippen LogP contribution in [0.3, 0.4) is 0 Å². The summed E-state index contributed by atoms with van der Waals surface area (Å²) in [5.41, 5.74) is 1.55. The number of benzene rings is 2. The van der Waals surface area contributed by atoms with Crippen LogP contribution in [0.25, 0.3) is 0 Å². The summed E-state index contributed by atoms with van der Waals surface area (Å²) >= 11 is 12.2. The van der Waals surface area contributed by atoms with Crippen LogP contribution in [0.5, 0.6) is 0 Å². The Bertz CT molecular complexity index is 916. The van der Waals surface area contributed by atoms with Gasteiger partial charge in [-0.25, -0.2) is 9.59 Å². The highest BCUT2D eigenvalue weighted by atomic mass is 35.5. The van der Waals surface area contributed by atoms with E-state index in [1.54, 1.807) is 36.4 Å². The van der Waals surface area contributed by atoms with E-state index in [2.05, 4.69) is 10.6 Å². The van der Waals surface area contributed by atoms with Gasteiger partial charge in [0.2, 0.25) is 0 Å². The first kappa shape index (κ1) is 21.3. The van der Waals surface area contributed by atoms with Crippen LogP contribution < -0.4 is 15.5 Å². The predicted molar refractivity (Wildman–Crippen MR) is 116 cm³/mol. The van der Waals surface area contributed by atoms with Gasteiger partial charge >= 0.3 is 12.1 Å². The largest absolute Gasteiger partial charge is 0.447 e. The molecule has 0 atom stereocenters. The van der Waals surface area contributed by atoms with Crippen molar-refractivity contribution in [2.45, 2.75) is 32.2 Å². The Morgan fingerprint density at radius 1 is 1.14 bits per heavy atom. The Hall–Kier alpha value is -2.44. The summed E-state index contributed by atoms with van der Waals surface area (Å²) < 4.78 is 4.97. The second-order valence-corrected chi connectivity index (χ2v) is 7.63. The lowest BCUT2D eigenvalue weighted by molar-refractivity contribution is 0.181. The molecule has 0 spiro atoms. The maximum absolute atomic E-state index is 12.8. The van der Waals surface area contributed by atoms with Crippen molar-refractivity contribution in [2.75, 3.05) is 23.4 Å². The number of anilines is 2. The lowest BCUT2D eigenvalue weighted by Gasteiger charge is -2.34. The Morgan fingerprint density at radius 2 is 1.90 bits per heavy atom. The molecule has 1 saturated heterocycles. The Morgan fingerprint density at radius 3 is 2.52 bits per heavy atom. The number of ether oxygens (including phenoxy) is 1. The van der Waals surface area contributed by atoms with Gasteiger partial charge in [-0.3, -0.25) is 4.90 Å². The highest BCUT2D eigenvalue weighted by molar-refractivity contribution is 6.42. The first-order valence-corrected chi connectivity index (χ1v) is 10.2. The molecule has 1 aliphatic rings. The summed E-state index contributed by atoms with van der Waals surface area (Å²) in [7, 11) is 0. The highest BCUT2D eigenvalue weighted by Crippen LogP contribution is 2.33. The average Bonchev–Trinajstić information content (AvgIpc) is 3.14. The third-order valence-corrected chi connectivity index (χ3v) is 5.95. The number of nitrogens with zero attached hydrogens (tertiary/aromatic N) is 1. The lowest BCUT2D eigenvalue weighted by Crippen LogP contribution is -2.47. The number of carbonyl (C=O) groups excluding carboxylic acids is 2. The van der Waals surface area contributed by atoms with Crippen molar-refractivity contribution >= 4 is 46.7 Å². The zero-order valence-electron chi connectivity index (χ0n) is 16.3. The molecule has 6 nitrogen and oxygen atoms in total. The first-order chi connectivity index (χ1) is 13.9. The molecule has 2 N–H and O–H groups in total. The maximum Gasteiger partial charge on any atom is 0.414 e. The number of hydrogen-bond donors (Lipinski definition) is 2. The van der Waals surface area contributed by atoms with E-state index in [1.165, 1.54) is 4.90 Å². The van der Waals surface area contributed by atoms with E-state index in [0.29, 0.717) is 47.4 Å². The van der Waals surface area contributed by atoms with Crippen molar-refractivity contribution in [1.82, 2.24) is 5.32 Å². The van der Waals surface area contributed by atoms with Gasteiger partial charge in [0.1, 0.15) is 6.61 Å². The topological polar surface area (TPSA) is 70.7 Å². The molecule has 0 saturated carbocycles. The molecule has 1 heterocycles. The molecule has 0 aliphatic carbocycles. The van der Waals surface area contributed by atoms with Crippen molar-refractivity contribution in [3.05, 3.63) is 58.1 Å². The van der Waals surface area contributed by atoms with Crippen LogP contribution in [-0.4, -0.2) is 25.3 Å². The standard InChI is InChI=1S/C21H23Cl2N3O3/c1-3-21(4-2,14-8-9-17(22)18(23)12-14)25-19(27)24-15-6-5-7-16(13-15)26-10-11-29-20(26)28/h5-9,12-13H,3-4,10-11H2,1-2H3,(H2,24,25,27). The van der Waals surface area contributed by atoms with Crippen molar-refractivity contribution in [3.63, 3.8) is 0 Å². The van der Waals surface area contributed by atoms with Crippen LogP contribution in [0.4, 0.5) is 21.0 Å². The summed E-state index contributed by atoms with van der Waals surface area (Å²) in [6, 6.07) is 12.1. The molecule has 8 heteroatoms.